The number of hydrogen-bond acceptors (Lipinski definition) is 2. The first kappa shape index (κ1) is 17.2. The van der Waals surface area contributed by atoms with Crippen molar-refractivity contribution in [2.75, 3.05) is 16.8 Å². The molecule has 0 saturated carbocycles. The lowest BCUT2D eigenvalue weighted by Crippen LogP contribution is -2.16. The number of hydrogen-bond donors (Lipinski definition) is 0. The lowest BCUT2D eigenvalue weighted by atomic mass is 9.99. The van der Waals surface area contributed by atoms with Crippen LogP contribution in [0.25, 0.3) is 0 Å². The largest absolute Gasteiger partial charge is 0.229 e. The molecule has 0 aliphatic rings. The maximum atomic E-state index is 11.7. The molecule has 1 rings (SSSR count). The standard InChI is InChI=1S/C14H20Br2O2S/c1-2-8-19(17,18)9-7-13(11-15)10-12-3-5-14(16)6-4-12/h3-6,13H,2,7-11H2,1H3. The average Bonchev–Trinajstić information content (AvgIpc) is 2.36. The van der Waals surface area contributed by atoms with Crippen molar-refractivity contribution in [3.8, 4) is 0 Å². The Morgan fingerprint density at radius 2 is 1.79 bits per heavy atom. The molecule has 0 aromatic heterocycles. The Morgan fingerprint density at radius 3 is 2.32 bits per heavy atom. The van der Waals surface area contributed by atoms with E-state index in [2.05, 4.69) is 44.0 Å². The first-order chi connectivity index (χ1) is 8.96. The topological polar surface area (TPSA) is 34.1 Å². The van der Waals surface area contributed by atoms with Gasteiger partial charge in [-0.2, -0.15) is 0 Å². The third kappa shape index (κ3) is 6.91. The van der Waals surface area contributed by atoms with Gasteiger partial charge in [-0.05, 0) is 42.9 Å². The predicted octanol–water partition coefficient (Wildman–Crippen LogP) is 4.22. The summed E-state index contributed by atoms with van der Waals surface area (Å²) in [4.78, 5) is 0. The molecule has 5 heteroatoms. The van der Waals surface area contributed by atoms with E-state index in [9.17, 15) is 8.42 Å². The summed E-state index contributed by atoms with van der Waals surface area (Å²) in [5.41, 5.74) is 1.25. The molecule has 0 N–H and O–H groups in total. The van der Waals surface area contributed by atoms with Crippen LogP contribution < -0.4 is 0 Å². The van der Waals surface area contributed by atoms with Crippen LogP contribution >= 0.6 is 31.9 Å². The van der Waals surface area contributed by atoms with Gasteiger partial charge in [0.2, 0.25) is 0 Å². The second kappa shape index (κ2) is 8.42. The van der Waals surface area contributed by atoms with Crippen molar-refractivity contribution >= 4 is 41.7 Å². The molecule has 0 bridgehead atoms. The summed E-state index contributed by atoms with van der Waals surface area (Å²) >= 11 is 6.90. The Kier molecular flexibility index (Phi) is 7.62. The van der Waals surface area contributed by atoms with Gasteiger partial charge in [0, 0.05) is 15.6 Å². The summed E-state index contributed by atoms with van der Waals surface area (Å²) in [7, 11) is -2.86. The molecule has 0 saturated heterocycles. The molecule has 0 spiro atoms. The number of rotatable bonds is 8. The SMILES string of the molecule is CCCS(=O)(=O)CCC(CBr)Cc1ccc(Br)cc1. The predicted molar refractivity (Wildman–Crippen MR) is 88.7 cm³/mol. The molecular formula is C14H20Br2O2S. The van der Waals surface area contributed by atoms with Gasteiger partial charge in [-0.15, -0.1) is 0 Å². The molecule has 0 amide bonds. The Morgan fingerprint density at radius 1 is 1.16 bits per heavy atom. The highest BCUT2D eigenvalue weighted by molar-refractivity contribution is 9.10. The summed E-state index contributed by atoms with van der Waals surface area (Å²) in [5, 5.41) is 0.838. The van der Waals surface area contributed by atoms with Crippen LogP contribution in [0, 0.1) is 5.92 Å². The lowest BCUT2D eigenvalue weighted by molar-refractivity contribution is 0.551. The van der Waals surface area contributed by atoms with E-state index in [1.54, 1.807) is 0 Å². The first-order valence-electron chi connectivity index (χ1n) is 6.47. The lowest BCUT2D eigenvalue weighted by Gasteiger charge is -2.14. The molecule has 0 heterocycles. The fourth-order valence-electron chi connectivity index (χ4n) is 1.95. The van der Waals surface area contributed by atoms with Crippen LogP contribution in [0.1, 0.15) is 25.3 Å². The monoisotopic (exact) mass is 410 g/mol. The molecule has 0 aliphatic heterocycles. The molecule has 2 nitrogen and oxygen atoms in total. The zero-order valence-electron chi connectivity index (χ0n) is 11.1. The number of sulfone groups is 1. The van der Waals surface area contributed by atoms with Crippen LogP contribution in [0.15, 0.2) is 28.7 Å². The molecule has 1 aromatic rings. The van der Waals surface area contributed by atoms with E-state index in [0.29, 0.717) is 23.8 Å². The summed E-state index contributed by atoms with van der Waals surface area (Å²) in [6.07, 6.45) is 2.35. The van der Waals surface area contributed by atoms with E-state index in [0.717, 1.165) is 22.6 Å². The van der Waals surface area contributed by atoms with Crippen molar-refractivity contribution in [1.29, 1.82) is 0 Å². The van der Waals surface area contributed by atoms with E-state index >= 15 is 0 Å². The zero-order valence-corrected chi connectivity index (χ0v) is 15.1. The number of benzene rings is 1. The summed E-state index contributed by atoms with van der Waals surface area (Å²) in [6.45, 7) is 1.90. The van der Waals surface area contributed by atoms with Crippen molar-refractivity contribution in [1.82, 2.24) is 0 Å². The van der Waals surface area contributed by atoms with Crippen molar-refractivity contribution in [2.24, 2.45) is 5.92 Å². The van der Waals surface area contributed by atoms with E-state index < -0.39 is 9.84 Å². The quantitative estimate of drug-likeness (QED) is 0.600. The number of halogens is 2. The van der Waals surface area contributed by atoms with Crippen LogP contribution in [0.2, 0.25) is 0 Å². The highest BCUT2D eigenvalue weighted by Gasteiger charge is 2.15. The molecular weight excluding hydrogens is 392 g/mol. The molecule has 1 unspecified atom stereocenters. The van der Waals surface area contributed by atoms with E-state index in [1.807, 2.05) is 19.1 Å². The van der Waals surface area contributed by atoms with Gasteiger partial charge in [0.1, 0.15) is 9.84 Å². The Bertz CT molecular complexity index is 469. The maximum Gasteiger partial charge on any atom is 0.150 e. The van der Waals surface area contributed by atoms with Crippen LogP contribution in [-0.4, -0.2) is 25.3 Å². The van der Waals surface area contributed by atoms with Crippen molar-refractivity contribution < 1.29 is 8.42 Å². The van der Waals surface area contributed by atoms with E-state index in [1.165, 1.54) is 5.56 Å². The Labute approximate surface area is 133 Å². The smallest absolute Gasteiger partial charge is 0.150 e. The van der Waals surface area contributed by atoms with Gasteiger partial charge in [-0.25, -0.2) is 8.42 Å². The molecule has 0 radical (unpaired) electrons. The third-order valence-corrected chi connectivity index (χ3v) is 6.34. The van der Waals surface area contributed by atoms with Crippen LogP contribution in [0.4, 0.5) is 0 Å². The Balaban J connectivity index is 2.52. The van der Waals surface area contributed by atoms with Crippen molar-refractivity contribution in [3.63, 3.8) is 0 Å². The highest BCUT2D eigenvalue weighted by atomic mass is 79.9. The molecule has 19 heavy (non-hydrogen) atoms. The molecule has 1 atom stereocenters. The zero-order chi connectivity index (χ0) is 14.3. The van der Waals surface area contributed by atoms with E-state index in [-0.39, 0.29) is 0 Å². The minimum absolute atomic E-state index is 0.299. The van der Waals surface area contributed by atoms with Crippen molar-refractivity contribution in [3.05, 3.63) is 34.3 Å². The van der Waals surface area contributed by atoms with Gasteiger partial charge in [-0.3, -0.25) is 0 Å². The third-order valence-electron chi connectivity index (χ3n) is 3.01. The Hall–Kier alpha value is 0.130. The summed E-state index contributed by atoms with van der Waals surface area (Å²) < 4.78 is 24.5. The highest BCUT2D eigenvalue weighted by Crippen LogP contribution is 2.18. The van der Waals surface area contributed by atoms with Crippen LogP contribution in [0.3, 0.4) is 0 Å². The molecule has 108 valence electrons. The summed E-state index contributed by atoms with van der Waals surface area (Å²) in [6, 6.07) is 8.21. The second-order valence-corrected chi connectivity index (χ2v) is 8.66. The number of alkyl halides is 1. The maximum absolute atomic E-state index is 11.7. The average molecular weight is 412 g/mol. The fraction of sp³-hybridized carbons (Fsp3) is 0.571. The van der Waals surface area contributed by atoms with Gasteiger partial charge in [0.05, 0.1) is 5.75 Å². The van der Waals surface area contributed by atoms with Gasteiger partial charge >= 0.3 is 0 Å². The minimum Gasteiger partial charge on any atom is -0.229 e. The summed E-state index contributed by atoms with van der Waals surface area (Å²) in [5.74, 6) is 0.973. The minimum atomic E-state index is -2.86. The second-order valence-electron chi connectivity index (χ2n) is 4.79. The molecule has 1 aromatic carbocycles. The van der Waals surface area contributed by atoms with Gasteiger partial charge in [-0.1, -0.05) is 50.9 Å². The fourth-order valence-corrected chi connectivity index (χ4v) is 4.28. The van der Waals surface area contributed by atoms with E-state index in [4.69, 9.17) is 0 Å². The van der Waals surface area contributed by atoms with Gasteiger partial charge in [0.15, 0.2) is 0 Å². The normalized spacial score (nSPS) is 13.4. The van der Waals surface area contributed by atoms with Crippen LogP contribution in [-0.2, 0) is 16.3 Å². The van der Waals surface area contributed by atoms with Crippen molar-refractivity contribution in [2.45, 2.75) is 26.2 Å². The van der Waals surface area contributed by atoms with Crippen LogP contribution in [0.5, 0.6) is 0 Å². The van der Waals surface area contributed by atoms with Gasteiger partial charge in [0.25, 0.3) is 0 Å². The molecule has 0 aliphatic carbocycles. The molecule has 0 fully saturated rings. The van der Waals surface area contributed by atoms with Gasteiger partial charge < -0.3 is 0 Å². The first-order valence-corrected chi connectivity index (χ1v) is 10.2.